The summed E-state index contributed by atoms with van der Waals surface area (Å²) < 4.78 is 97.6. The summed E-state index contributed by atoms with van der Waals surface area (Å²) >= 11 is 18.7. The third-order valence-electron chi connectivity index (χ3n) is 17.8. The van der Waals surface area contributed by atoms with E-state index in [1.165, 1.54) is 11.8 Å². The third kappa shape index (κ3) is 27.3. The zero-order chi connectivity index (χ0) is 83.8. The van der Waals surface area contributed by atoms with Gasteiger partial charge in [-0.2, -0.15) is 50.4 Å². The number of nitrogens with zero attached hydrogens (tertiary/aromatic N) is 20. The molecule has 624 valence electrons. The number of aromatic nitrogens is 10. The van der Waals surface area contributed by atoms with Gasteiger partial charge in [0, 0.05) is 90.5 Å². The van der Waals surface area contributed by atoms with Crippen molar-refractivity contribution in [3.8, 4) is 5.75 Å². The molecule has 6 N–H and O–H groups in total. The molecule has 15 rings (SSSR count). The van der Waals surface area contributed by atoms with Gasteiger partial charge >= 0.3 is 0 Å². The molecule has 0 atom stereocenters. The second-order valence-electron chi connectivity index (χ2n) is 26.3. The molecule has 5 aromatic carbocycles. The number of benzene rings is 5. The van der Waals surface area contributed by atoms with E-state index in [1.54, 1.807) is 41.9 Å². The van der Waals surface area contributed by atoms with Crippen LogP contribution in [0.1, 0.15) is 50.1 Å². The van der Waals surface area contributed by atoms with Gasteiger partial charge in [0.25, 0.3) is 0 Å². The Balaban J connectivity index is 0.000000146. The molecular formula is C79H84Br2Cl2F5N25O6. The first-order valence-corrected chi connectivity index (χ1v) is 39.7. The molecule has 119 heavy (non-hydrogen) atoms. The molecule has 0 unspecified atom stereocenters. The Bertz CT molecular complexity index is 5020. The Labute approximate surface area is 709 Å². The van der Waals surface area contributed by atoms with Crippen LogP contribution in [0.4, 0.5) is 80.8 Å². The summed E-state index contributed by atoms with van der Waals surface area (Å²) in [6.07, 6.45) is 13.7. The van der Waals surface area contributed by atoms with Gasteiger partial charge in [0.1, 0.15) is 5.75 Å². The minimum atomic E-state index is -0.507. The van der Waals surface area contributed by atoms with Crippen molar-refractivity contribution in [2.45, 2.75) is 27.7 Å². The molecule has 5 aliphatic heterocycles. The third-order valence-corrected chi connectivity index (χ3v) is 19.4. The largest absolute Gasteiger partial charge is 0.506 e. The molecule has 10 aromatic rings. The number of rotatable bonds is 20. The molecule has 5 fully saturated rings. The zero-order valence-corrected chi connectivity index (χ0v) is 69.7. The van der Waals surface area contributed by atoms with Crippen molar-refractivity contribution in [3.05, 3.63) is 226 Å². The average molecular weight is 1810 g/mol. The minimum absolute atomic E-state index is 0.0931. The van der Waals surface area contributed by atoms with Gasteiger partial charge in [0.15, 0.2) is 58.2 Å². The number of aryl methyl sites for hydroxylation is 3. The standard InChI is InChI=1S/C16H16BrClFN5O.3C16H18FN5O.C15H14BrClFN5O2/c1-10-11(6-12(17)7-13(10)18)8-21-23-16-20-9-14(19)15(22-16)24-2-4-25-5-3-24;1-12-2-4-13(5-3-12)10-19-21-16-18-11-14(17)15(20-16)22-6-8-23-9-7-22;1-12-3-2-4-13(9-12)10-19-21-16-18-11-14(17)15(20-16)22-5-7-23-8-6-22;1-12-4-2-3-5-13(12)10-19-21-16-18-11-14(17)15(20-16)22-6-8-23-9-7-22;16-10-5-9(13(24)11(17)6-10)7-20-22-15-19-8-12(18)14(21-15)23-1-3-25-4-2-23/h6-9H,2-5H2,1H3,(H,20,22,23);2-5,10-11H,6-9H2,1H3,(H,18,20,21);2-4,9-11H,5-8H2,1H3,(H,18,20,21);2-5,10-11H,6-9H2,1H3,(H,18,20,21);5-8,24H,1-4H2,(H,19,21,22)/b21-8+;3*19-10+;20-7-. The molecule has 10 heterocycles. The number of aromatic hydroxyl groups is 1. The highest BCUT2D eigenvalue weighted by Gasteiger charge is 2.24. The van der Waals surface area contributed by atoms with Gasteiger partial charge < -0.3 is 53.3 Å². The lowest BCUT2D eigenvalue weighted by atomic mass is 10.1. The van der Waals surface area contributed by atoms with Crippen molar-refractivity contribution in [1.29, 1.82) is 0 Å². The van der Waals surface area contributed by atoms with Crippen LogP contribution in [0.2, 0.25) is 10.0 Å². The number of hydrogen-bond donors (Lipinski definition) is 6. The molecule has 0 amide bonds. The van der Waals surface area contributed by atoms with Crippen molar-refractivity contribution in [2.75, 3.05) is 183 Å². The van der Waals surface area contributed by atoms with Crippen molar-refractivity contribution >= 4 is 145 Å². The monoisotopic (exact) mass is 1800 g/mol. The summed E-state index contributed by atoms with van der Waals surface area (Å²) in [5, 5.41) is 31.1. The SMILES string of the molecule is Cc1c(Cl)cc(Br)cc1/C=N/Nc1ncc(F)c(N2CCOCC2)n1.Cc1ccc(/C=N/Nc2ncc(F)c(N3CCOCC3)n2)cc1.Cc1cccc(/C=N/Nc2ncc(F)c(N3CCOCC3)n2)c1.Cc1ccccc1/C=N/Nc1ncc(F)c(N2CCOCC2)n1.Oc1c(Cl)cc(Br)cc1/C=N\Nc1ncc(F)c(N2CCOCC2)n1. The molecule has 5 aromatic heterocycles. The van der Waals surface area contributed by atoms with Crippen molar-refractivity contribution < 1.29 is 50.7 Å². The number of morpholine rings is 5. The number of hydrogen-bond acceptors (Lipinski definition) is 31. The minimum Gasteiger partial charge on any atom is -0.506 e. The molecule has 5 saturated heterocycles. The van der Waals surface area contributed by atoms with Crippen molar-refractivity contribution in [1.82, 2.24) is 49.8 Å². The Hall–Kier alpha value is -11.4. The molecule has 0 bridgehead atoms. The predicted octanol–water partition coefficient (Wildman–Crippen LogP) is 13.3. The fourth-order valence-electron chi connectivity index (χ4n) is 11.5. The predicted molar refractivity (Wildman–Crippen MR) is 459 cm³/mol. The van der Waals surface area contributed by atoms with E-state index in [0.29, 0.717) is 147 Å². The van der Waals surface area contributed by atoms with E-state index in [-0.39, 0.29) is 69.6 Å². The lowest BCUT2D eigenvalue weighted by molar-refractivity contribution is 0.122. The Morgan fingerprint density at radius 1 is 0.361 bits per heavy atom. The van der Waals surface area contributed by atoms with Crippen LogP contribution in [0.5, 0.6) is 5.75 Å². The molecule has 0 saturated carbocycles. The van der Waals surface area contributed by atoms with Crippen LogP contribution in [0, 0.1) is 56.8 Å². The van der Waals surface area contributed by atoms with Gasteiger partial charge in [-0.15, -0.1) is 0 Å². The van der Waals surface area contributed by atoms with Crippen LogP contribution >= 0.6 is 55.1 Å². The Morgan fingerprint density at radius 3 is 1.04 bits per heavy atom. The van der Waals surface area contributed by atoms with E-state index in [9.17, 15) is 27.1 Å². The summed E-state index contributed by atoms with van der Waals surface area (Å²) in [4.78, 5) is 49.6. The second kappa shape index (κ2) is 45.5. The Kier molecular flexibility index (Phi) is 33.9. The number of phenols is 1. The Morgan fingerprint density at radius 2 is 0.681 bits per heavy atom. The smallest absolute Gasteiger partial charge is 0.245 e. The molecule has 40 heteroatoms. The summed E-state index contributed by atoms with van der Waals surface area (Å²) in [6.45, 7) is 19.5. The van der Waals surface area contributed by atoms with Gasteiger partial charge in [-0.1, -0.05) is 139 Å². The highest BCUT2D eigenvalue weighted by atomic mass is 79.9. The number of phenolic OH excluding ortho intramolecular Hbond substituents is 1. The topological polar surface area (TPSA) is 333 Å². The summed E-state index contributed by atoms with van der Waals surface area (Å²) in [6, 6.07) is 30.7. The molecule has 5 aliphatic rings. The van der Waals surface area contributed by atoms with Crippen molar-refractivity contribution in [2.24, 2.45) is 25.5 Å². The quantitative estimate of drug-likeness (QED) is 0.0234. The number of hydrazone groups is 5. The maximum Gasteiger partial charge on any atom is 0.245 e. The summed E-state index contributed by atoms with van der Waals surface area (Å²) in [5.41, 5.74) is 22.1. The molecule has 0 aliphatic carbocycles. The number of anilines is 10. The highest BCUT2D eigenvalue weighted by molar-refractivity contribution is 9.10. The maximum atomic E-state index is 14.0. The fourth-order valence-corrected chi connectivity index (χ4v) is 13.1. The second-order valence-corrected chi connectivity index (χ2v) is 28.9. The zero-order valence-electron chi connectivity index (χ0n) is 65.0. The van der Waals surface area contributed by atoms with Crippen molar-refractivity contribution in [3.63, 3.8) is 0 Å². The first-order valence-electron chi connectivity index (χ1n) is 37.3. The fraction of sp³-hybridized carbons (Fsp3) is 0.304. The lowest BCUT2D eigenvalue weighted by Crippen LogP contribution is -2.37. The lowest BCUT2D eigenvalue weighted by Gasteiger charge is -2.27. The van der Waals surface area contributed by atoms with Crippen LogP contribution in [0.25, 0.3) is 0 Å². The first-order chi connectivity index (χ1) is 57.8. The van der Waals surface area contributed by atoms with Gasteiger partial charge in [-0.05, 0) is 79.8 Å². The highest BCUT2D eigenvalue weighted by Crippen LogP contribution is 2.31. The van der Waals surface area contributed by atoms with E-state index in [0.717, 1.165) is 74.4 Å². The van der Waals surface area contributed by atoms with Gasteiger partial charge in [-0.25, -0.2) is 74.0 Å². The normalized spacial score (nSPS) is 15.1. The number of halogens is 9. The molecule has 0 spiro atoms. The van der Waals surface area contributed by atoms with Gasteiger partial charge in [0.2, 0.25) is 29.7 Å². The average Bonchev–Trinajstić information content (AvgIpc) is 0.851. The molecule has 0 radical (unpaired) electrons. The van der Waals surface area contributed by atoms with E-state index in [4.69, 9.17) is 46.9 Å². The van der Waals surface area contributed by atoms with Crippen LogP contribution in [-0.2, 0) is 23.7 Å². The number of ether oxygens (including phenoxy) is 5. The van der Waals surface area contributed by atoms with E-state index in [2.05, 4.69) is 134 Å². The van der Waals surface area contributed by atoms with E-state index in [1.807, 2.05) is 132 Å². The van der Waals surface area contributed by atoms with Gasteiger partial charge in [-0.3, -0.25) is 0 Å². The van der Waals surface area contributed by atoms with Crippen LogP contribution in [0.3, 0.4) is 0 Å². The summed E-state index contributed by atoms with van der Waals surface area (Å²) in [7, 11) is 0. The number of nitrogens with one attached hydrogen (secondary N) is 5. The van der Waals surface area contributed by atoms with Crippen LogP contribution in [0.15, 0.2) is 162 Å². The molecule has 31 nitrogen and oxygen atoms in total. The van der Waals surface area contributed by atoms with E-state index >= 15 is 0 Å². The van der Waals surface area contributed by atoms with Gasteiger partial charge in [0.05, 0.1) is 133 Å². The van der Waals surface area contributed by atoms with Crippen LogP contribution < -0.4 is 51.6 Å². The van der Waals surface area contributed by atoms with Crippen LogP contribution in [-0.4, -0.2) is 218 Å². The first kappa shape index (κ1) is 88.5. The maximum absolute atomic E-state index is 14.0. The van der Waals surface area contributed by atoms with E-state index < -0.39 is 29.1 Å². The molecular weight excluding hydrogens is 1720 g/mol. The summed E-state index contributed by atoms with van der Waals surface area (Å²) in [5.74, 6) is 0.0129.